The average molecular weight is 440 g/mol. The third-order valence-corrected chi connectivity index (χ3v) is 6.09. The van der Waals surface area contributed by atoms with Gasteiger partial charge in [0.05, 0.1) is 13.2 Å². The lowest BCUT2D eigenvalue weighted by Gasteiger charge is -2.34. The predicted octanol–water partition coefficient (Wildman–Crippen LogP) is 1.67. The van der Waals surface area contributed by atoms with Gasteiger partial charge in [0, 0.05) is 58.6 Å². The van der Waals surface area contributed by atoms with Gasteiger partial charge in [-0.1, -0.05) is 12.1 Å². The van der Waals surface area contributed by atoms with Crippen LogP contribution in [0, 0.1) is 0 Å². The number of hydrogen-bond acceptors (Lipinski definition) is 7. The molecule has 32 heavy (non-hydrogen) atoms. The third kappa shape index (κ3) is 4.89. The number of urea groups is 1. The van der Waals surface area contributed by atoms with Crippen molar-refractivity contribution in [2.75, 3.05) is 64.2 Å². The molecule has 9 heteroatoms. The van der Waals surface area contributed by atoms with Crippen LogP contribution < -0.4 is 19.7 Å². The average Bonchev–Trinajstić information content (AvgIpc) is 3.32. The van der Waals surface area contributed by atoms with Crippen molar-refractivity contribution in [2.45, 2.75) is 13.1 Å². The minimum Gasteiger partial charge on any atom is -0.454 e. The van der Waals surface area contributed by atoms with E-state index >= 15 is 0 Å². The van der Waals surface area contributed by atoms with Gasteiger partial charge in [0.1, 0.15) is 5.82 Å². The van der Waals surface area contributed by atoms with E-state index < -0.39 is 0 Å². The van der Waals surface area contributed by atoms with Gasteiger partial charge in [0.15, 0.2) is 11.5 Å². The van der Waals surface area contributed by atoms with E-state index in [4.69, 9.17) is 14.2 Å². The lowest BCUT2D eigenvalue weighted by Crippen LogP contribution is -2.51. The van der Waals surface area contributed by atoms with Crippen LogP contribution >= 0.6 is 0 Å². The maximum atomic E-state index is 12.6. The summed E-state index contributed by atoms with van der Waals surface area (Å²) in [7, 11) is 0. The van der Waals surface area contributed by atoms with Crippen LogP contribution in [-0.4, -0.2) is 80.1 Å². The Balaban J connectivity index is 1.06. The molecule has 5 rings (SSSR count). The lowest BCUT2D eigenvalue weighted by molar-refractivity contribution is 0.122. The van der Waals surface area contributed by atoms with Crippen molar-refractivity contribution in [1.82, 2.24) is 20.1 Å². The SMILES string of the molecule is O=C(NCc1ccc(N2CCOCC2)nc1)N1CCN(Cc2ccc3c(c2)OCO3)CC1. The molecule has 9 nitrogen and oxygen atoms in total. The van der Waals surface area contributed by atoms with E-state index in [0.29, 0.717) is 26.4 Å². The number of amides is 2. The smallest absolute Gasteiger partial charge is 0.317 e. The van der Waals surface area contributed by atoms with Gasteiger partial charge in [-0.3, -0.25) is 4.90 Å². The fourth-order valence-electron chi connectivity index (χ4n) is 4.20. The summed E-state index contributed by atoms with van der Waals surface area (Å²) >= 11 is 0. The molecule has 0 radical (unpaired) electrons. The second-order valence-electron chi connectivity index (χ2n) is 8.23. The number of carbonyl (C=O) groups excluding carboxylic acids is 1. The van der Waals surface area contributed by atoms with Crippen molar-refractivity contribution in [3.8, 4) is 11.5 Å². The van der Waals surface area contributed by atoms with Gasteiger partial charge in [-0.25, -0.2) is 9.78 Å². The lowest BCUT2D eigenvalue weighted by atomic mass is 10.1. The number of aromatic nitrogens is 1. The first kappa shape index (κ1) is 20.8. The van der Waals surface area contributed by atoms with Crippen LogP contribution in [0.4, 0.5) is 10.6 Å². The Morgan fingerprint density at radius 1 is 0.938 bits per heavy atom. The Morgan fingerprint density at radius 2 is 1.72 bits per heavy atom. The molecule has 2 fully saturated rings. The number of nitrogens with zero attached hydrogens (tertiary/aromatic N) is 4. The molecule has 1 N–H and O–H groups in total. The molecule has 1 aromatic carbocycles. The van der Waals surface area contributed by atoms with Crippen LogP contribution in [0.1, 0.15) is 11.1 Å². The maximum Gasteiger partial charge on any atom is 0.317 e. The van der Waals surface area contributed by atoms with E-state index in [9.17, 15) is 4.79 Å². The van der Waals surface area contributed by atoms with E-state index in [1.165, 1.54) is 5.56 Å². The summed E-state index contributed by atoms with van der Waals surface area (Å²) < 4.78 is 16.2. The Labute approximate surface area is 187 Å². The predicted molar refractivity (Wildman–Crippen MR) is 119 cm³/mol. The van der Waals surface area contributed by atoms with Gasteiger partial charge in [-0.2, -0.15) is 0 Å². The van der Waals surface area contributed by atoms with Gasteiger partial charge in [-0.15, -0.1) is 0 Å². The van der Waals surface area contributed by atoms with Crippen LogP contribution in [0.15, 0.2) is 36.5 Å². The quantitative estimate of drug-likeness (QED) is 0.759. The molecule has 170 valence electrons. The van der Waals surface area contributed by atoms with E-state index in [1.54, 1.807) is 0 Å². The van der Waals surface area contributed by atoms with Crippen molar-refractivity contribution in [1.29, 1.82) is 0 Å². The summed E-state index contributed by atoms with van der Waals surface area (Å²) in [6, 6.07) is 10.1. The summed E-state index contributed by atoms with van der Waals surface area (Å²) in [5.41, 5.74) is 2.19. The molecule has 0 atom stereocenters. The zero-order valence-electron chi connectivity index (χ0n) is 18.2. The zero-order valence-corrected chi connectivity index (χ0v) is 18.2. The first-order valence-electron chi connectivity index (χ1n) is 11.2. The Hall–Kier alpha value is -3.04. The zero-order chi connectivity index (χ0) is 21.8. The Morgan fingerprint density at radius 3 is 2.50 bits per heavy atom. The normalized spacial score (nSPS) is 18.6. The summed E-state index contributed by atoms with van der Waals surface area (Å²) in [5, 5.41) is 3.02. The van der Waals surface area contributed by atoms with Gasteiger partial charge in [0.25, 0.3) is 0 Å². The van der Waals surface area contributed by atoms with Crippen molar-refractivity contribution in [2.24, 2.45) is 0 Å². The van der Waals surface area contributed by atoms with Gasteiger partial charge in [-0.05, 0) is 29.3 Å². The molecular weight excluding hydrogens is 410 g/mol. The van der Waals surface area contributed by atoms with E-state index in [-0.39, 0.29) is 6.03 Å². The molecule has 2 aromatic rings. The molecule has 2 saturated heterocycles. The maximum absolute atomic E-state index is 12.6. The van der Waals surface area contributed by atoms with E-state index in [1.807, 2.05) is 35.4 Å². The molecule has 0 aliphatic carbocycles. The van der Waals surface area contributed by atoms with Crippen molar-refractivity contribution >= 4 is 11.8 Å². The number of nitrogens with one attached hydrogen (secondary N) is 1. The van der Waals surface area contributed by atoms with Crippen LogP contribution in [0.25, 0.3) is 0 Å². The number of rotatable bonds is 5. The van der Waals surface area contributed by atoms with E-state index in [0.717, 1.165) is 68.8 Å². The minimum absolute atomic E-state index is 0.0232. The molecule has 4 heterocycles. The molecule has 0 unspecified atom stereocenters. The Bertz CT molecular complexity index is 924. The van der Waals surface area contributed by atoms with E-state index in [2.05, 4.69) is 26.2 Å². The number of benzene rings is 1. The number of anilines is 1. The summed E-state index contributed by atoms with van der Waals surface area (Å²) in [6.45, 7) is 7.94. The molecule has 0 saturated carbocycles. The van der Waals surface area contributed by atoms with Crippen molar-refractivity contribution < 1.29 is 19.0 Å². The number of fused-ring (bicyclic) bond motifs is 1. The third-order valence-electron chi connectivity index (χ3n) is 6.09. The highest BCUT2D eigenvalue weighted by Gasteiger charge is 2.22. The summed E-state index contributed by atoms with van der Waals surface area (Å²) in [4.78, 5) is 23.6. The number of carbonyl (C=O) groups is 1. The van der Waals surface area contributed by atoms with Gasteiger partial charge >= 0.3 is 6.03 Å². The molecular formula is C23H29N5O4. The highest BCUT2D eigenvalue weighted by molar-refractivity contribution is 5.74. The molecule has 2 amide bonds. The van der Waals surface area contributed by atoms with Crippen LogP contribution in [0.2, 0.25) is 0 Å². The number of hydrogen-bond donors (Lipinski definition) is 1. The Kier molecular flexibility index (Phi) is 6.27. The largest absolute Gasteiger partial charge is 0.454 e. The van der Waals surface area contributed by atoms with Gasteiger partial charge < -0.3 is 29.3 Å². The first-order valence-corrected chi connectivity index (χ1v) is 11.2. The number of piperazine rings is 1. The molecule has 3 aliphatic heterocycles. The van der Waals surface area contributed by atoms with Gasteiger partial charge in [0.2, 0.25) is 6.79 Å². The second-order valence-corrected chi connectivity index (χ2v) is 8.23. The monoisotopic (exact) mass is 439 g/mol. The molecule has 0 bridgehead atoms. The molecule has 0 spiro atoms. The minimum atomic E-state index is -0.0232. The highest BCUT2D eigenvalue weighted by Crippen LogP contribution is 2.32. The fourth-order valence-corrected chi connectivity index (χ4v) is 4.20. The summed E-state index contributed by atoms with van der Waals surface area (Å²) in [5.74, 6) is 2.58. The topological polar surface area (TPSA) is 79.4 Å². The van der Waals surface area contributed by atoms with Crippen LogP contribution in [-0.2, 0) is 17.8 Å². The first-order chi connectivity index (χ1) is 15.7. The number of morpholine rings is 1. The van der Waals surface area contributed by atoms with Crippen LogP contribution in [0.5, 0.6) is 11.5 Å². The molecule has 1 aromatic heterocycles. The number of pyridine rings is 1. The van der Waals surface area contributed by atoms with Crippen molar-refractivity contribution in [3.63, 3.8) is 0 Å². The fraction of sp³-hybridized carbons (Fsp3) is 0.478. The van der Waals surface area contributed by atoms with Crippen LogP contribution in [0.3, 0.4) is 0 Å². The highest BCUT2D eigenvalue weighted by atomic mass is 16.7. The van der Waals surface area contributed by atoms with Crippen molar-refractivity contribution in [3.05, 3.63) is 47.7 Å². The summed E-state index contributed by atoms with van der Waals surface area (Å²) in [6.07, 6.45) is 1.84. The standard InChI is InChI=1S/C23H29N5O4/c29-23(25-15-19-2-4-22(24-14-19)27-9-11-30-12-10-27)28-7-5-26(6-8-28)16-18-1-3-20-21(13-18)32-17-31-20/h1-4,13-14H,5-12,15-17H2,(H,25,29). The second kappa shape index (κ2) is 9.62. The molecule has 3 aliphatic rings. The number of ether oxygens (including phenoxy) is 3.